The summed E-state index contributed by atoms with van der Waals surface area (Å²) in [5.74, 6) is 0.936. The summed E-state index contributed by atoms with van der Waals surface area (Å²) in [6, 6.07) is 10.6. The summed E-state index contributed by atoms with van der Waals surface area (Å²) in [7, 11) is 0. The van der Waals surface area contributed by atoms with Crippen molar-refractivity contribution in [1.82, 2.24) is 5.32 Å². The van der Waals surface area contributed by atoms with Gasteiger partial charge in [-0.25, -0.2) is 0 Å². The Hall–Kier alpha value is -2.31. The SMILES string of the molecule is C[C@@H](NCc1cc2c(cc1[N+](=O)[O-])OCO2)c1cccc(Cl)c1. The summed E-state index contributed by atoms with van der Waals surface area (Å²) in [4.78, 5) is 10.8. The average molecular weight is 335 g/mol. The first-order valence-electron chi connectivity index (χ1n) is 7.10. The van der Waals surface area contributed by atoms with Gasteiger partial charge in [0.05, 0.1) is 11.0 Å². The van der Waals surface area contributed by atoms with E-state index in [0.29, 0.717) is 28.6 Å². The Morgan fingerprint density at radius 2 is 2.04 bits per heavy atom. The third-order valence-corrected chi connectivity index (χ3v) is 3.95. The average Bonchev–Trinajstić information content (AvgIpc) is 2.98. The summed E-state index contributed by atoms with van der Waals surface area (Å²) in [6.07, 6.45) is 0. The van der Waals surface area contributed by atoms with Crippen LogP contribution in [0, 0.1) is 10.1 Å². The molecular weight excluding hydrogens is 320 g/mol. The van der Waals surface area contributed by atoms with E-state index in [1.807, 2.05) is 25.1 Å². The van der Waals surface area contributed by atoms with Crippen LogP contribution in [0.2, 0.25) is 5.02 Å². The smallest absolute Gasteiger partial charge is 0.277 e. The summed E-state index contributed by atoms with van der Waals surface area (Å²) >= 11 is 5.99. The number of nitro groups is 1. The van der Waals surface area contributed by atoms with Crippen molar-refractivity contribution in [2.75, 3.05) is 6.79 Å². The van der Waals surface area contributed by atoms with E-state index in [0.717, 1.165) is 5.56 Å². The third kappa shape index (κ3) is 3.38. The van der Waals surface area contributed by atoms with Crippen molar-refractivity contribution in [3.05, 3.63) is 62.7 Å². The van der Waals surface area contributed by atoms with Crippen molar-refractivity contribution in [3.8, 4) is 11.5 Å². The van der Waals surface area contributed by atoms with Crippen LogP contribution in [0.4, 0.5) is 5.69 Å². The molecule has 0 spiro atoms. The van der Waals surface area contributed by atoms with Gasteiger partial charge in [0, 0.05) is 23.2 Å². The first kappa shape index (κ1) is 15.6. The van der Waals surface area contributed by atoms with E-state index in [9.17, 15) is 10.1 Å². The number of nitro benzene ring substituents is 1. The minimum Gasteiger partial charge on any atom is -0.454 e. The lowest BCUT2D eigenvalue weighted by Gasteiger charge is -2.15. The molecule has 0 aromatic heterocycles. The van der Waals surface area contributed by atoms with Crippen LogP contribution in [0.5, 0.6) is 11.5 Å². The van der Waals surface area contributed by atoms with Crippen LogP contribution >= 0.6 is 11.6 Å². The highest BCUT2D eigenvalue weighted by molar-refractivity contribution is 6.30. The van der Waals surface area contributed by atoms with Gasteiger partial charge in [-0.1, -0.05) is 23.7 Å². The Bertz CT molecular complexity index is 751. The number of fused-ring (bicyclic) bond motifs is 1. The largest absolute Gasteiger partial charge is 0.454 e. The van der Waals surface area contributed by atoms with Gasteiger partial charge in [0.15, 0.2) is 11.5 Å². The Balaban J connectivity index is 1.78. The van der Waals surface area contributed by atoms with E-state index in [1.165, 1.54) is 6.07 Å². The topological polar surface area (TPSA) is 73.6 Å². The Labute approximate surface area is 138 Å². The van der Waals surface area contributed by atoms with E-state index >= 15 is 0 Å². The molecule has 0 aliphatic carbocycles. The fourth-order valence-corrected chi connectivity index (χ4v) is 2.64. The molecule has 0 saturated carbocycles. The van der Waals surface area contributed by atoms with Crippen LogP contribution in [0.25, 0.3) is 0 Å². The fourth-order valence-electron chi connectivity index (χ4n) is 2.44. The monoisotopic (exact) mass is 334 g/mol. The zero-order chi connectivity index (χ0) is 16.4. The lowest BCUT2D eigenvalue weighted by molar-refractivity contribution is -0.385. The molecule has 0 radical (unpaired) electrons. The molecule has 1 atom stereocenters. The molecule has 7 heteroatoms. The molecule has 0 bridgehead atoms. The first-order chi connectivity index (χ1) is 11.0. The molecular formula is C16H15ClN2O4. The van der Waals surface area contributed by atoms with Gasteiger partial charge in [0.1, 0.15) is 0 Å². The molecule has 2 aromatic carbocycles. The summed E-state index contributed by atoms with van der Waals surface area (Å²) in [5.41, 5.74) is 1.58. The predicted octanol–water partition coefficient (Wildman–Crippen LogP) is 3.83. The second kappa shape index (κ2) is 6.44. The van der Waals surface area contributed by atoms with E-state index < -0.39 is 4.92 Å². The molecule has 0 saturated heterocycles. The molecule has 1 heterocycles. The zero-order valence-corrected chi connectivity index (χ0v) is 13.2. The third-order valence-electron chi connectivity index (χ3n) is 3.72. The molecule has 6 nitrogen and oxygen atoms in total. The van der Waals surface area contributed by atoms with Crippen LogP contribution in [-0.2, 0) is 6.54 Å². The molecule has 1 N–H and O–H groups in total. The van der Waals surface area contributed by atoms with E-state index in [4.69, 9.17) is 21.1 Å². The standard InChI is InChI=1S/C16H15ClN2O4/c1-10(11-3-2-4-13(17)5-11)18-8-12-6-15-16(23-9-22-15)7-14(12)19(20)21/h2-7,10,18H,8-9H2,1H3/t10-/m1/s1. The van der Waals surface area contributed by atoms with Crippen LogP contribution in [0.3, 0.4) is 0 Å². The van der Waals surface area contributed by atoms with Gasteiger partial charge in [0.2, 0.25) is 6.79 Å². The maximum atomic E-state index is 11.2. The van der Waals surface area contributed by atoms with Gasteiger partial charge >= 0.3 is 0 Å². The van der Waals surface area contributed by atoms with Gasteiger partial charge in [-0.3, -0.25) is 10.1 Å². The van der Waals surface area contributed by atoms with E-state index in [-0.39, 0.29) is 18.5 Å². The predicted molar refractivity (Wildman–Crippen MR) is 85.9 cm³/mol. The van der Waals surface area contributed by atoms with Crippen molar-refractivity contribution in [2.24, 2.45) is 0 Å². The second-order valence-corrected chi connectivity index (χ2v) is 5.69. The lowest BCUT2D eigenvalue weighted by atomic mass is 10.1. The first-order valence-corrected chi connectivity index (χ1v) is 7.48. The fraction of sp³-hybridized carbons (Fsp3) is 0.250. The van der Waals surface area contributed by atoms with E-state index in [2.05, 4.69) is 5.32 Å². The number of halogens is 1. The van der Waals surface area contributed by atoms with Crippen LogP contribution in [-0.4, -0.2) is 11.7 Å². The molecule has 120 valence electrons. The zero-order valence-electron chi connectivity index (χ0n) is 12.4. The van der Waals surface area contributed by atoms with Gasteiger partial charge in [-0.15, -0.1) is 0 Å². The van der Waals surface area contributed by atoms with Gasteiger partial charge < -0.3 is 14.8 Å². The number of benzene rings is 2. The molecule has 1 aliphatic heterocycles. The number of ether oxygens (including phenoxy) is 2. The van der Waals surface area contributed by atoms with Crippen molar-refractivity contribution in [2.45, 2.75) is 19.5 Å². The van der Waals surface area contributed by atoms with Crippen LogP contribution in [0.15, 0.2) is 36.4 Å². The van der Waals surface area contributed by atoms with Crippen LogP contribution in [0.1, 0.15) is 24.1 Å². The number of hydrogen-bond donors (Lipinski definition) is 1. The molecule has 0 unspecified atom stereocenters. The van der Waals surface area contributed by atoms with Crippen molar-refractivity contribution in [1.29, 1.82) is 0 Å². The highest BCUT2D eigenvalue weighted by atomic mass is 35.5. The lowest BCUT2D eigenvalue weighted by Crippen LogP contribution is -2.18. The normalized spacial score (nSPS) is 13.8. The number of hydrogen-bond acceptors (Lipinski definition) is 5. The molecule has 0 amide bonds. The number of nitrogens with one attached hydrogen (secondary N) is 1. The highest BCUT2D eigenvalue weighted by Crippen LogP contribution is 2.38. The maximum absolute atomic E-state index is 11.2. The highest BCUT2D eigenvalue weighted by Gasteiger charge is 2.23. The second-order valence-electron chi connectivity index (χ2n) is 5.25. The Kier molecular flexibility index (Phi) is 4.36. The minimum atomic E-state index is -0.414. The van der Waals surface area contributed by atoms with Gasteiger partial charge in [-0.2, -0.15) is 0 Å². The van der Waals surface area contributed by atoms with Gasteiger partial charge in [0.25, 0.3) is 5.69 Å². The van der Waals surface area contributed by atoms with E-state index in [1.54, 1.807) is 12.1 Å². The minimum absolute atomic E-state index is 0.00118. The van der Waals surface area contributed by atoms with Crippen molar-refractivity contribution in [3.63, 3.8) is 0 Å². The number of rotatable bonds is 5. The summed E-state index contributed by atoms with van der Waals surface area (Å²) < 4.78 is 10.5. The number of nitrogens with zero attached hydrogens (tertiary/aromatic N) is 1. The Morgan fingerprint density at radius 1 is 1.30 bits per heavy atom. The van der Waals surface area contributed by atoms with Crippen molar-refractivity contribution >= 4 is 17.3 Å². The molecule has 3 rings (SSSR count). The van der Waals surface area contributed by atoms with Gasteiger partial charge in [-0.05, 0) is 30.7 Å². The summed E-state index contributed by atoms with van der Waals surface area (Å²) in [5, 5.41) is 15.2. The quantitative estimate of drug-likeness (QED) is 0.664. The maximum Gasteiger partial charge on any atom is 0.277 e. The van der Waals surface area contributed by atoms with Crippen LogP contribution < -0.4 is 14.8 Å². The summed E-state index contributed by atoms with van der Waals surface area (Å²) in [6.45, 7) is 2.40. The Morgan fingerprint density at radius 3 is 2.74 bits per heavy atom. The molecule has 1 aliphatic rings. The molecule has 0 fully saturated rings. The molecule has 2 aromatic rings. The van der Waals surface area contributed by atoms with Crippen molar-refractivity contribution < 1.29 is 14.4 Å². The molecule has 23 heavy (non-hydrogen) atoms.